The van der Waals surface area contributed by atoms with E-state index in [1.807, 2.05) is 6.92 Å². The molecule has 2 aromatic carbocycles. The number of hydrogen-bond acceptors (Lipinski definition) is 7. The third-order valence-corrected chi connectivity index (χ3v) is 5.47. The molecule has 1 fully saturated rings. The van der Waals surface area contributed by atoms with E-state index in [4.69, 9.17) is 18.9 Å². The quantitative estimate of drug-likeness (QED) is 0.382. The molecule has 0 bridgehead atoms. The van der Waals surface area contributed by atoms with Crippen molar-refractivity contribution in [3.8, 4) is 17.2 Å². The number of carbonyl (C=O) groups excluding carboxylic acids is 2. The summed E-state index contributed by atoms with van der Waals surface area (Å²) in [6.07, 6.45) is 0. The first-order valence-corrected chi connectivity index (χ1v) is 10.0. The Balaban J connectivity index is 2.20. The van der Waals surface area contributed by atoms with Gasteiger partial charge < -0.3 is 29.0 Å². The zero-order valence-electron chi connectivity index (χ0n) is 18.8. The van der Waals surface area contributed by atoms with Crippen molar-refractivity contribution < 1.29 is 33.6 Å². The SMILES string of the molecule is COCCN1C(=O)C(=O)C(=C(O)c2ccc(OC)c(C)c2)C1c1ccc(OC)c(OC)c1. The van der Waals surface area contributed by atoms with Crippen molar-refractivity contribution in [2.24, 2.45) is 0 Å². The van der Waals surface area contributed by atoms with Gasteiger partial charge in [-0.15, -0.1) is 0 Å². The van der Waals surface area contributed by atoms with E-state index in [1.165, 1.54) is 26.2 Å². The van der Waals surface area contributed by atoms with Crippen LogP contribution in [-0.4, -0.2) is 63.3 Å². The Morgan fingerprint density at radius 2 is 1.59 bits per heavy atom. The molecule has 8 heteroatoms. The van der Waals surface area contributed by atoms with Crippen molar-refractivity contribution in [1.29, 1.82) is 0 Å². The van der Waals surface area contributed by atoms with Crippen LogP contribution in [0.15, 0.2) is 42.0 Å². The molecule has 1 aliphatic heterocycles. The average molecular weight is 441 g/mol. The third kappa shape index (κ3) is 4.13. The Kier molecular flexibility index (Phi) is 7.05. The molecule has 1 heterocycles. The molecular formula is C24H27NO7. The zero-order chi connectivity index (χ0) is 23.4. The number of nitrogens with zero attached hydrogens (tertiary/aromatic N) is 1. The van der Waals surface area contributed by atoms with Gasteiger partial charge in [-0.25, -0.2) is 0 Å². The maximum atomic E-state index is 13.0. The maximum Gasteiger partial charge on any atom is 0.295 e. The number of aliphatic hydroxyl groups excluding tert-OH is 1. The molecule has 0 aliphatic carbocycles. The zero-order valence-corrected chi connectivity index (χ0v) is 18.8. The highest BCUT2D eigenvalue weighted by Crippen LogP contribution is 2.42. The minimum absolute atomic E-state index is 0.00268. The molecular weight excluding hydrogens is 414 g/mol. The summed E-state index contributed by atoms with van der Waals surface area (Å²) in [5.74, 6) is -0.105. The molecule has 3 rings (SSSR count). The molecule has 0 aromatic heterocycles. The topological polar surface area (TPSA) is 94.5 Å². The van der Waals surface area contributed by atoms with Crippen LogP contribution in [0.3, 0.4) is 0 Å². The molecule has 0 saturated carbocycles. The van der Waals surface area contributed by atoms with E-state index in [-0.39, 0.29) is 24.5 Å². The molecule has 1 saturated heterocycles. The lowest BCUT2D eigenvalue weighted by molar-refractivity contribution is -0.140. The Morgan fingerprint density at radius 3 is 2.19 bits per heavy atom. The minimum atomic E-state index is -0.813. The van der Waals surface area contributed by atoms with Crippen LogP contribution >= 0.6 is 0 Å². The standard InChI is InChI=1S/C24H27NO7/c1-14-12-16(7-8-17(14)30-3)22(26)20-21(25(10-11-29-2)24(28)23(20)27)15-6-9-18(31-4)19(13-15)32-5/h6-9,12-13,21,26H,10-11H2,1-5H3. The number of hydrogen-bond donors (Lipinski definition) is 1. The van der Waals surface area contributed by atoms with Crippen molar-refractivity contribution in [1.82, 2.24) is 4.90 Å². The van der Waals surface area contributed by atoms with Gasteiger partial charge in [-0.05, 0) is 48.4 Å². The first-order valence-electron chi connectivity index (χ1n) is 10.0. The number of rotatable bonds is 8. The minimum Gasteiger partial charge on any atom is -0.507 e. The van der Waals surface area contributed by atoms with E-state index < -0.39 is 17.7 Å². The molecule has 1 N–H and O–H groups in total. The van der Waals surface area contributed by atoms with Crippen LogP contribution in [0.4, 0.5) is 0 Å². The molecule has 2 aromatic rings. The van der Waals surface area contributed by atoms with Gasteiger partial charge in [0.1, 0.15) is 11.5 Å². The molecule has 0 spiro atoms. The number of ether oxygens (including phenoxy) is 4. The number of likely N-dealkylation sites (tertiary alicyclic amines) is 1. The number of amides is 1. The average Bonchev–Trinajstić information content (AvgIpc) is 3.06. The van der Waals surface area contributed by atoms with Gasteiger partial charge in [-0.1, -0.05) is 6.07 Å². The van der Waals surface area contributed by atoms with Crippen LogP contribution in [-0.2, 0) is 14.3 Å². The van der Waals surface area contributed by atoms with Gasteiger partial charge in [0, 0.05) is 19.2 Å². The van der Waals surface area contributed by atoms with Crippen LogP contribution < -0.4 is 14.2 Å². The summed E-state index contributed by atoms with van der Waals surface area (Å²) in [6, 6.07) is 9.38. The second kappa shape index (κ2) is 9.74. The summed E-state index contributed by atoms with van der Waals surface area (Å²) in [6.45, 7) is 2.25. The van der Waals surface area contributed by atoms with Crippen LogP contribution in [0.2, 0.25) is 0 Å². The fraction of sp³-hybridized carbons (Fsp3) is 0.333. The lowest BCUT2D eigenvalue weighted by atomic mass is 9.94. The predicted molar refractivity (Wildman–Crippen MR) is 118 cm³/mol. The van der Waals surface area contributed by atoms with Gasteiger partial charge in [-0.3, -0.25) is 9.59 Å². The van der Waals surface area contributed by atoms with Crippen molar-refractivity contribution >= 4 is 17.4 Å². The summed E-state index contributed by atoms with van der Waals surface area (Å²) >= 11 is 0. The van der Waals surface area contributed by atoms with E-state index in [0.29, 0.717) is 28.4 Å². The molecule has 1 aliphatic rings. The van der Waals surface area contributed by atoms with E-state index in [0.717, 1.165) is 5.56 Å². The monoisotopic (exact) mass is 441 g/mol. The fourth-order valence-electron chi connectivity index (χ4n) is 3.85. The number of methoxy groups -OCH3 is 4. The molecule has 1 amide bonds. The summed E-state index contributed by atoms with van der Waals surface area (Å²) in [4.78, 5) is 27.3. The van der Waals surface area contributed by atoms with E-state index in [2.05, 4.69) is 0 Å². The lowest BCUT2D eigenvalue weighted by Crippen LogP contribution is -2.32. The molecule has 1 unspecified atom stereocenters. The van der Waals surface area contributed by atoms with Gasteiger partial charge in [0.05, 0.1) is 39.6 Å². The second-order valence-electron chi connectivity index (χ2n) is 7.28. The lowest BCUT2D eigenvalue weighted by Gasteiger charge is -2.25. The summed E-state index contributed by atoms with van der Waals surface area (Å²) in [5.41, 5.74) is 1.80. The highest BCUT2D eigenvalue weighted by molar-refractivity contribution is 6.46. The highest BCUT2D eigenvalue weighted by Gasteiger charge is 2.46. The van der Waals surface area contributed by atoms with Crippen LogP contribution in [0.1, 0.15) is 22.7 Å². The van der Waals surface area contributed by atoms with Gasteiger partial charge in [0.25, 0.3) is 11.7 Å². The maximum absolute atomic E-state index is 13.0. The molecule has 0 radical (unpaired) electrons. The number of Topliss-reactive ketones (excluding diaryl/α,β-unsaturated/α-hetero) is 1. The first-order chi connectivity index (χ1) is 15.4. The smallest absolute Gasteiger partial charge is 0.295 e. The Morgan fingerprint density at radius 1 is 0.938 bits per heavy atom. The molecule has 1 atom stereocenters. The molecule has 170 valence electrons. The van der Waals surface area contributed by atoms with Crippen molar-refractivity contribution in [2.45, 2.75) is 13.0 Å². The molecule has 32 heavy (non-hydrogen) atoms. The van der Waals surface area contributed by atoms with E-state index in [1.54, 1.807) is 43.5 Å². The first kappa shape index (κ1) is 23.1. The van der Waals surface area contributed by atoms with Crippen LogP contribution in [0.25, 0.3) is 5.76 Å². The molecule has 8 nitrogen and oxygen atoms in total. The largest absolute Gasteiger partial charge is 0.507 e. The van der Waals surface area contributed by atoms with Gasteiger partial charge in [0.2, 0.25) is 0 Å². The van der Waals surface area contributed by atoms with E-state index >= 15 is 0 Å². The van der Waals surface area contributed by atoms with Crippen LogP contribution in [0, 0.1) is 6.92 Å². The third-order valence-electron chi connectivity index (χ3n) is 5.47. The summed E-state index contributed by atoms with van der Waals surface area (Å²) in [5, 5.41) is 11.2. The fourth-order valence-corrected chi connectivity index (χ4v) is 3.85. The van der Waals surface area contributed by atoms with Crippen molar-refractivity contribution in [3.05, 3.63) is 58.7 Å². The highest BCUT2D eigenvalue weighted by atomic mass is 16.5. The van der Waals surface area contributed by atoms with Crippen molar-refractivity contribution in [3.63, 3.8) is 0 Å². The number of benzene rings is 2. The Bertz CT molecular complexity index is 1060. The normalized spacial score (nSPS) is 17.5. The number of carbonyl (C=O) groups is 2. The van der Waals surface area contributed by atoms with E-state index in [9.17, 15) is 14.7 Å². The van der Waals surface area contributed by atoms with Crippen LogP contribution in [0.5, 0.6) is 17.2 Å². The Labute approximate surface area is 187 Å². The summed E-state index contributed by atoms with van der Waals surface area (Å²) in [7, 11) is 6.10. The van der Waals surface area contributed by atoms with Crippen molar-refractivity contribution in [2.75, 3.05) is 41.6 Å². The van der Waals surface area contributed by atoms with Gasteiger partial charge in [0.15, 0.2) is 11.5 Å². The number of aliphatic hydroxyl groups is 1. The number of ketones is 1. The van der Waals surface area contributed by atoms with Gasteiger partial charge >= 0.3 is 0 Å². The Hall–Kier alpha value is -3.52. The predicted octanol–water partition coefficient (Wildman–Crippen LogP) is 3.09. The second-order valence-corrected chi connectivity index (χ2v) is 7.28. The van der Waals surface area contributed by atoms with Gasteiger partial charge in [-0.2, -0.15) is 0 Å². The number of aryl methyl sites for hydroxylation is 1. The summed E-state index contributed by atoms with van der Waals surface area (Å²) < 4.78 is 21.1.